The van der Waals surface area contributed by atoms with Crippen molar-refractivity contribution in [2.24, 2.45) is 11.5 Å². The van der Waals surface area contributed by atoms with E-state index in [4.69, 9.17) is 11.5 Å². The molecule has 0 bridgehead atoms. The molecule has 0 atom stereocenters. The lowest BCUT2D eigenvalue weighted by Gasteiger charge is -2.26. The first kappa shape index (κ1) is 10.9. The van der Waals surface area contributed by atoms with Crippen molar-refractivity contribution in [2.45, 2.75) is 6.54 Å². The number of hydrogen-bond acceptors (Lipinski definition) is 4. The summed E-state index contributed by atoms with van der Waals surface area (Å²) in [4.78, 5) is 6.58. The number of aromatic nitrogens is 1. The lowest BCUT2D eigenvalue weighted by Crippen LogP contribution is -2.29. The molecule has 1 aromatic rings. The van der Waals surface area contributed by atoms with Crippen LogP contribution in [0.3, 0.4) is 0 Å². The Hall–Kier alpha value is -1.65. The Morgan fingerprint density at radius 2 is 2.12 bits per heavy atom. The van der Waals surface area contributed by atoms with Crippen molar-refractivity contribution in [1.82, 2.24) is 4.98 Å². The molecular formula is C12H16N4. The molecular weight excluding hydrogens is 200 g/mol. The Balaban J connectivity index is 2.29. The molecule has 0 aromatic carbocycles. The summed E-state index contributed by atoms with van der Waals surface area (Å²) in [5, 5.41) is 0. The zero-order chi connectivity index (χ0) is 11.4. The first-order valence-electron chi connectivity index (χ1n) is 5.34. The maximum absolute atomic E-state index is 5.71. The van der Waals surface area contributed by atoms with Gasteiger partial charge in [0.2, 0.25) is 0 Å². The summed E-state index contributed by atoms with van der Waals surface area (Å²) >= 11 is 0. The third kappa shape index (κ3) is 2.13. The summed E-state index contributed by atoms with van der Waals surface area (Å²) in [7, 11) is 0. The van der Waals surface area contributed by atoms with Crippen LogP contribution in [0.15, 0.2) is 42.1 Å². The molecule has 0 saturated heterocycles. The van der Waals surface area contributed by atoms with Gasteiger partial charge in [-0.2, -0.15) is 0 Å². The molecule has 0 saturated carbocycles. The first-order valence-corrected chi connectivity index (χ1v) is 5.34. The molecule has 4 nitrogen and oxygen atoms in total. The van der Waals surface area contributed by atoms with Crippen LogP contribution in [0.1, 0.15) is 5.69 Å². The monoisotopic (exact) mass is 216 g/mol. The van der Waals surface area contributed by atoms with Crippen LogP contribution < -0.4 is 16.4 Å². The molecule has 4 heteroatoms. The van der Waals surface area contributed by atoms with Crippen molar-refractivity contribution in [3.63, 3.8) is 0 Å². The highest BCUT2D eigenvalue weighted by molar-refractivity contribution is 5.50. The Morgan fingerprint density at radius 3 is 2.88 bits per heavy atom. The van der Waals surface area contributed by atoms with Gasteiger partial charge in [0.05, 0.1) is 5.69 Å². The normalized spacial score (nSPS) is 15.1. The van der Waals surface area contributed by atoms with Crippen LogP contribution in [-0.4, -0.2) is 18.1 Å². The van der Waals surface area contributed by atoms with E-state index in [0.29, 0.717) is 13.1 Å². The molecule has 4 N–H and O–H groups in total. The van der Waals surface area contributed by atoms with Gasteiger partial charge in [-0.15, -0.1) is 0 Å². The van der Waals surface area contributed by atoms with Crippen LogP contribution >= 0.6 is 0 Å². The van der Waals surface area contributed by atoms with Gasteiger partial charge in [-0.1, -0.05) is 18.2 Å². The highest BCUT2D eigenvalue weighted by Crippen LogP contribution is 2.18. The smallest absolute Gasteiger partial charge is 0.133 e. The molecule has 84 valence electrons. The number of nitrogens with zero attached hydrogens (tertiary/aromatic N) is 2. The van der Waals surface area contributed by atoms with Gasteiger partial charge in [0.15, 0.2) is 0 Å². The molecule has 0 fully saturated rings. The second kappa shape index (κ2) is 4.92. The van der Waals surface area contributed by atoms with E-state index in [9.17, 15) is 0 Å². The maximum atomic E-state index is 5.71. The van der Waals surface area contributed by atoms with Crippen molar-refractivity contribution in [3.05, 3.63) is 47.8 Å². The molecule has 1 aliphatic rings. The average molecular weight is 216 g/mol. The molecule has 16 heavy (non-hydrogen) atoms. The number of nitrogens with two attached hydrogens (primary N) is 2. The minimum Gasteiger partial charge on any atom is -0.325 e. The summed E-state index contributed by atoms with van der Waals surface area (Å²) in [5.74, 6) is 0.906. The molecule has 0 amide bonds. The first-order chi connectivity index (χ1) is 7.85. The van der Waals surface area contributed by atoms with Gasteiger partial charge in [-0.3, -0.25) is 0 Å². The lowest BCUT2D eigenvalue weighted by molar-refractivity contribution is 0.896. The van der Waals surface area contributed by atoms with E-state index >= 15 is 0 Å². The van der Waals surface area contributed by atoms with Gasteiger partial charge in [0.1, 0.15) is 5.82 Å². The van der Waals surface area contributed by atoms with Gasteiger partial charge in [0, 0.05) is 25.3 Å². The second-order valence-corrected chi connectivity index (χ2v) is 3.59. The topological polar surface area (TPSA) is 68.2 Å². The SMILES string of the molecule is NCC1=CC=CCN1c1cccc(CN)n1. The molecule has 2 heterocycles. The van der Waals surface area contributed by atoms with E-state index in [0.717, 1.165) is 23.8 Å². The number of allylic oxidation sites excluding steroid dienone is 2. The maximum Gasteiger partial charge on any atom is 0.133 e. The predicted octanol–water partition coefficient (Wildman–Crippen LogP) is 0.759. The minimum atomic E-state index is 0.458. The predicted molar refractivity (Wildman–Crippen MR) is 65.8 cm³/mol. The Labute approximate surface area is 95.3 Å². The standard InChI is InChI=1S/C12H16N4/c13-8-10-4-3-6-12(15-10)16-7-2-1-5-11(16)9-14/h1-6H,7-9,13-14H2. The van der Waals surface area contributed by atoms with Gasteiger partial charge < -0.3 is 16.4 Å². The molecule has 1 aliphatic heterocycles. The highest BCUT2D eigenvalue weighted by atomic mass is 15.2. The number of anilines is 1. The van der Waals surface area contributed by atoms with E-state index in [-0.39, 0.29) is 0 Å². The van der Waals surface area contributed by atoms with E-state index in [1.54, 1.807) is 0 Å². The number of rotatable bonds is 3. The molecule has 0 unspecified atom stereocenters. The second-order valence-electron chi connectivity index (χ2n) is 3.59. The lowest BCUT2D eigenvalue weighted by atomic mass is 10.2. The van der Waals surface area contributed by atoms with Crippen LogP contribution in [0.2, 0.25) is 0 Å². The van der Waals surface area contributed by atoms with Crippen LogP contribution in [0.5, 0.6) is 0 Å². The Bertz CT molecular complexity index is 423. The molecule has 2 rings (SSSR count). The third-order valence-electron chi connectivity index (χ3n) is 2.55. The number of pyridine rings is 1. The molecule has 0 aliphatic carbocycles. The van der Waals surface area contributed by atoms with Crippen LogP contribution in [0.25, 0.3) is 0 Å². The van der Waals surface area contributed by atoms with E-state index in [1.165, 1.54) is 0 Å². The zero-order valence-corrected chi connectivity index (χ0v) is 9.13. The van der Waals surface area contributed by atoms with Gasteiger partial charge in [-0.05, 0) is 18.2 Å². The van der Waals surface area contributed by atoms with Crippen molar-refractivity contribution in [3.8, 4) is 0 Å². The highest BCUT2D eigenvalue weighted by Gasteiger charge is 2.12. The largest absolute Gasteiger partial charge is 0.325 e. The Morgan fingerprint density at radius 1 is 1.25 bits per heavy atom. The van der Waals surface area contributed by atoms with Crippen LogP contribution in [-0.2, 0) is 6.54 Å². The Kier molecular flexibility index (Phi) is 3.34. The quantitative estimate of drug-likeness (QED) is 0.782. The minimum absolute atomic E-state index is 0.458. The molecule has 0 radical (unpaired) electrons. The van der Waals surface area contributed by atoms with E-state index < -0.39 is 0 Å². The summed E-state index contributed by atoms with van der Waals surface area (Å²) in [6, 6.07) is 5.87. The van der Waals surface area contributed by atoms with Crippen molar-refractivity contribution in [1.29, 1.82) is 0 Å². The van der Waals surface area contributed by atoms with Gasteiger partial charge in [-0.25, -0.2) is 4.98 Å². The van der Waals surface area contributed by atoms with Crippen LogP contribution in [0.4, 0.5) is 5.82 Å². The fourth-order valence-electron chi connectivity index (χ4n) is 1.70. The summed E-state index contributed by atoms with van der Waals surface area (Å²) in [6.07, 6.45) is 6.11. The fourth-order valence-corrected chi connectivity index (χ4v) is 1.70. The fraction of sp³-hybridized carbons (Fsp3) is 0.250. The van der Waals surface area contributed by atoms with Crippen LogP contribution in [0, 0.1) is 0 Å². The average Bonchev–Trinajstić information content (AvgIpc) is 2.38. The van der Waals surface area contributed by atoms with Crippen molar-refractivity contribution in [2.75, 3.05) is 18.0 Å². The van der Waals surface area contributed by atoms with E-state index in [1.807, 2.05) is 30.4 Å². The summed E-state index contributed by atoms with van der Waals surface area (Å²) < 4.78 is 0. The van der Waals surface area contributed by atoms with Gasteiger partial charge in [0.25, 0.3) is 0 Å². The van der Waals surface area contributed by atoms with E-state index in [2.05, 4.69) is 16.0 Å². The van der Waals surface area contributed by atoms with Gasteiger partial charge >= 0.3 is 0 Å². The van der Waals surface area contributed by atoms with Crippen molar-refractivity contribution >= 4 is 5.82 Å². The zero-order valence-electron chi connectivity index (χ0n) is 9.13. The summed E-state index contributed by atoms with van der Waals surface area (Å²) in [5.41, 5.74) is 13.3. The number of hydrogen-bond donors (Lipinski definition) is 2. The molecule has 0 spiro atoms. The molecule has 1 aromatic heterocycles. The third-order valence-corrected chi connectivity index (χ3v) is 2.55. The summed E-state index contributed by atoms with van der Waals surface area (Å²) in [6.45, 7) is 1.78. The van der Waals surface area contributed by atoms with Crippen molar-refractivity contribution < 1.29 is 0 Å².